The summed E-state index contributed by atoms with van der Waals surface area (Å²) in [6, 6.07) is 0. The zero-order valence-electron chi connectivity index (χ0n) is 14.5. The van der Waals surface area contributed by atoms with Gasteiger partial charge in [-0.3, -0.25) is 4.79 Å². The third-order valence-corrected chi connectivity index (χ3v) is 5.51. The van der Waals surface area contributed by atoms with Crippen molar-refractivity contribution in [2.45, 2.75) is 64.7 Å². The predicted octanol–water partition coefficient (Wildman–Crippen LogP) is 3.86. The van der Waals surface area contributed by atoms with E-state index >= 15 is 0 Å². The molecule has 3 nitrogen and oxygen atoms in total. The lowest BCUT2D eigenvalue weighted by Crippen LogP contribution is -2.45. The maximum atomic E-state index is 12.9. The molecule has 1 amide bonds. The number of nitrogens with one attached hydrogen (secondary N) is 1. The van der Waals surface area contributed by atoms with E-state index in [0.717, 1.165) is 38.4 Å². The zero-order valence-corrected chi connectivity index (χ0v) is 15.3. The van der Waals surface area contributed by atoms with Crippen LogP contribution >= 0.6 is 12.4 Å². The van der Waals surface area contributed by atoms with Crippen molar-refractivity contribution in [2.75, 3.05) is 26.7 Å². The van der Waals surface area contributed by atoms with E-state index in [2.05, 4.69) is 17.1 Å². The van der Waals surface area contributed by atoms with Crippen molar-refractivity contribution in [3.63, 3.8) is 0 Å². The van der Waals surface area contributed by atoms with Crippen LogP contribution in [0.3, 0.4) is 0 Å². The fraction of sp³-hybridized carbons (Fsp3) is 0.944. The molecule has 2 rings (SSSR count). The number of piperidine rings is 1. The summed E-state index contributed by atoms with van der Waals surface area (Å²) >= 11 is 0. The normalized spacial score (nSPS) is 24.6. The molecule has 2 unspecified atom stereocenters. The van der Waals surface area contributed by atoms with Crippen molar-refractivity contribution in [2.24, 2.45) is 17.8 Å². The maximum absolute atomic E-state index is 12.9. The number of carbonyl (C=O) groups excluding carboxylic acids is 1. The minimum atomic E-state index is 0. The third-order valence-electron chi connectivity index (χ3n) is 5.51. The van der Waals surface area contributed by atoms with Crippen molar-refractivity contribution in [1.82, 2.24) is 10.2 Å². The molecule has 0 aromatic carbocycles. The van der Waals surface area contributed by atoms with Crippen molar-refractivity contribution in [3.8, 4) is 0 Å². The first-order chi connectivity index (χ1) is 10.2. The summed E-state index contributed by atoms with van der Waals surface area (Å²) in [5.74, 6) is 2.19. The van der Waals surface area contributed by atoms with Crippen molar-refractivity contribution < 1.29 is 4.79 Å². The topological polar surface area (TPSA) is 32.3 Å². The quantitative estimate of drug-likeness (QED) is 0.802. The largest absolute Gasteiger partial charge is 0.342 e. The molecule has 1 N–H and O–H groups in total. The van der Waals surface area contributed by atoms with E-state index < -0.39 is 0 Å². The lowest BCUT2D eigenvalue weighted by atomic mass is 9.81. The Morgan fingerprint density at radius 2 is 1.82 bits per heavy atom. The van der Waals surface area contributed by atoms with Crippen LogP contribution in [0.15, 0.2) is 0 Å². The first kappa shape index (κ1) is 19.8. The molecule has 4 heteroatoms. The molecule has 1 aliphatic carbocycles. The molecule has 130 valence electrons. The van der Waals surface area contributed by atoms with E-state index in [4.69, 9.17) is 0 Å². The monoisotopic (exact) mass is 330 g/mol. The van der Waals surface area contributed by atoms with Gasteiger partial charge < -0.3 is 10.2 Å². The Morgan fingerprint density at radius 3 is 2.45 bits per heavy atom. The van der Waals surface area contributed by atoms with Gasteiger partial charge in [0.2, 0.25) is 5.91 Å². The standard InChI is InChI=1S/C18H34N2O.ClH/c1-3-17(12-15-8-5-4-6-9-15)18(21)20-11-7-10-16(14-20)13-19-2;/h15-17,19H,3-14H2,1-2H3;1H. The predicted molar refractivity (Wildman–Crippen MR) is 95.5 cm³/mol. The number of nitrogens with zero attached hydrogens (tertiary/aromatic N) is 1. The fourth-order valence-corrected chi connectivity index (χ4v) is 4.25. The highest BCUT2D eigenvalue weighted by atomic mass is 35.5. The Balaban J connectivity index is 0.00000242. The van der Waals surface area contributed by atoms with Crippen LogP contribution in [0.2, 0.25) is 0 Å². The molecule has 2 aliphatic rings. The highest BCUT2D eigenvalue weighted by molar-refractivity contribution is 5.85. The van der Waals surface area contributed by atoms with Gasteiger partial charge in [-0.2, -0.15) is 0 Å². The summed E-state index contributed by atoms with van der Waals surface area (Å²) in [7, 11) is 2.01. The van der Waals surface area contributed by atoms with Crippen molar-refractivity contribution in [1.29, 1.82) is 0 Å². The van der Waals surface area contributed by atoms with Gasteiger partial charge in [0, 0.05) is 19.0 Å². The van der Waals surface area contributed by atoms with Crippen LogP contribution in [0.5, 0.6) is 0 Å². The van der Waals surface area contributed by atoms with E-state index in [1.165, 1.54) is 44.9 Å². The van der Waals surface area contributed by atoms with Gasteiger partial charge in [-0.15, -0.1) is 12.4 Å². The van der Waals surface area contributed by atoms with Crippen LogP contribution in [-0.2, 0) is 4.79 Å². The molecule has 2 atom stereocenters. The Labute approximate surface area is 143 Å². The molecule has 0 radical (unpaired) electrons. The van der Waals surface area contributed by atoms with Gasteiger partial charge in [-0.05, 0) is 51.1 Å². The van der Waals surface area contributed by atoms with Crippen molar-refractivity contribution in [3.05, 3.63) is 0 Å². The number of rotatable bonds is 6. The van der Waals surface area contributed by atoms with Gasteiger partial charge in [0.15, 0.2) is 0 Å². The molecule has 1 heterocycles. The van der Waals surface area contributed by atoms with Gasteiger partial charge >= 0.3 is 0 Å². The summed E-state index contributed by atoms with van der Waals surface area (Å²) in [4.78, 5) is 15.0. The van der Waals surface area contributed by atoms with Gasteiger partial charge in [-0.25, -0.2) is 0 Å². The molecule has 0 spiro atoms. The number of likely N-dealkylation sites (tertiary alicyclic amines) is 1. The first-order valence-electron chi connectivity index (χ1n) is 9.18. The Morgan fingerprint density at radius 1 is 1.14 bits per heavy atom. The Hall–Kier alpha value is -0.280. The highest BCUT2D eigenvalue weighted by Crippen LogP contribution is 2.31. The molecule has 1 saturated carbocycles. The van der Waals surface area contributed by atoms with E-state index in [9.17, 15) is 4.79 Å². The van der Waals surface area contributed by atoms with Crippen LogP contribution in [0.4, 0.5) is 0 Å². The summed E-state index contributed by atoms with van der Waals surface area (Å²) in [5.41, 5.74) is 0. The molecule has 0 bridgehead atoms. The van der Waals surface area contributed by atoms with E-state index in [1.54, 1.807) is 0 Å². The second kappa shape index (κ2) is 10.5. The lowest BCUT2D eigenvalue weighted by Gasteiger charge is -2.36. The molecule has 1 saturated heterocycles. The van der Waals surface area contributed by atoms with Gasteiger partial charge in [0.25, 0.3) is 0 Å². The molecular weight excluding hydrogens is 296 g/mol. The van der Waals surface area contributed by atoms with E-state index in [1.807, 2.05) is 7.05 Å². The minimum absolute atomic E-state index is 0. The maximum Gasteiger partial charge on any atom is 0.225 e. The second-order valence-corrected chi connectivity index (χ2v) is 7.20. The number of halogens is 1. The van der Waals surface area contributed by atoms with Gasteiger partial charge in [-0.1, -0.05) is 39.0 Å². The molecule has 1 aliphatic heterocycles. The lowest BCUT2D eigenvalue weighted by molar-refractivity contribution is -0.138. The summed E-state index contributed by atoms with van der Waals surface area (Å²) in [6.45, 7) is 5.20. The molecule has 22 heavy (non-hydrogen) atoms. The van der Waals surface area contributed by atoms with Gasteiger partial charge in [0.05, 0.1) is 0 Å². The second-order valence-electron chi connectivity index (χ2n) is 7.20. The molecule has 0 aromatic rings. The number of carbonyl (C=O) groups is 1. The van der Waals surface area contributed by atoms with Crippen LogP contribution in [-0.4, -0.2) is 37.5 Å². The molecule has 0 aromatic heterocycles. The van der Waals surface area contributed by atoms with Crippen molar-refractivity contribution >= 4 is 18.3 Å². The molecule has 2 fully saturated rings. The van der Waals surface area contributed by atoms with E-state index in [0.29, 0.717) is 11.8 Å². The number of hydrogen-bond donors (Lipinski definition) is 1. The fourth-order valence-electron chi connectivity index (χ4n) is 4.25. The number of hydrogen-bond acceptors (Lipinski definition) is 2. The zero-order chi connectivity index (χ0) is 15.1. The van der Waals surface area contributed by atoms with Crippen LogP contribution in [0.1, 0.15) is 64.7 Å². The van der Waals surface area contributed by atoms with Crippen LogP contribution < -0.4 is 5.32 Å². The first-order valence-corrected chi connectivity index (χ1v) is 9.18. The Kier molecular flexibility index (Phi) is 9.42. The van der Waals surface area contributed by atoms with E-state index in [-0.39, 0.29) is 18.3 Å². The summed E-state index contributed by atoms with van der Waals surface area (Å²) < 4.78 is 0. The minimum Gasteiger partial charge on any atom is -0.342 e. The molecular formula is C18H35ClN2O. The Bertz CT molecular complexity index is 316. The number of amides is 1. The van der Waals surface area contributed by atoms with Crippen LogP contribution in [0.25, 0.3) is 0 Å². The average Bonchev–Trinajstić information content (AvgIpc) is 2.53. The highest BCUT2D eigenvalue weighted by Gasteiger charge is 2.29. The SMILES string of the molecule is CCC(CC1CCCCC1)C(=O)N1CCCC(CNC)C1.Cl. The summed E-state index contributed by atoms with van der Waals surface area (Å²) in [6.07, 6.45) is 11.5. The average molecular weight is 331 g/mol. The summed E-state index contributed by atoms with van der Waals surface area (Å²) in [5, 5.41) is 3.27. The van der Waals surface area contributed by atoms with Gasteiger partial charge in [0.1, 0.15) is 0 Å². The van der Waals surface area contributed by atoms with Crippen LogP contribution in [0, 0.1) is 17.8 Å². The smallest absolute Gasteiger partial charge is 0.225 e. The third kappa shape index (κ3) is 5.73.